The van der Waals surface area contributed by atoms with E-state index in [-0.39, 0.29) is 11.6 Å². The van der Waals surface area contributed by atoms with Crippen molar-refractivity contribution in [1.29, 1.82) is 0 Å². The quantitative estimate of drug-likeness (QED) is 0.586. The smallest absolute Gasteiger partial charge is 0.187 e. The zero-order chi connectivity index (χ0) is 11.3. The number of nitrogens with two attached hydrogens (primary N) is 1. The molecule has 0 bridgehead atoms. The molecule has 3 heteroatoms. The molecule has 0 spiro atoms. The van der Waals surface area contributed by atoms with Crippen molar-refractivity contribution in [3.8, 4) is 0 Å². The Morgan fingerprint density at radius 3 is 2.40 bits per heavy atom. The molecule has 0 fully saturated rings. The van der Waals surface area contributed by atoms with Crippen molar-refractivity contribution in [3.05, 3.63) is 35.9 Å². The lowest BCUT2D eigenvalue weighted by Gasteiger charge is -2.08. The first-order valence-electron chi connectivity index (χ1n) is 5.04. The van der Waals surface area contributed by atoms with Gasteiger partial charge in [-0.3, -0.25) is 9.59 Å². The minimum atomic E-state index is -1.01. The highest BCUT2D eigenvalue weighted by atomic mass is 16.2. The van der Waals surface area contributed by atoms with Crippen molar-refractivity contribution in [2.45, 2.75) is 25.8 Å². The highest BCUT2D eigenvalue weighted by Gasteiger charge is 2.21. The number of benzene rings is 1. The lowest BCUT2D eigenvalue weighted by molar-refractivity contribution is -0.119. The van der Waals surface area contributed by atoms with E-state index < -0.39 is 6.04 Å². The Morgan fingerprint density at radius 2 is 1.87 bits per heavy atom. The molecule has 0 aromatic heterocycles. The maximum absolute atomic E-state index is 11.7. The van der Waals surface area contributed by atoms with E-state index in [1.54, 1.807) is 24.3 Å². The molecular weight excluding hydrogens is 190 g/mol. The predicted octanol–water partition coefficient (Wildman–Crippen LogP) is 1.57. The first-order valence-corrected chi connectivity index (χ1v) is 5.04. The third-order valence-electron chi connectivity index (χ3n) is 2.18. The molecule has 1 atom stereocenters. The van der Waals surface area contributed by atoms with E-state index in [1.807, 2.05) is 13.0 Å². The number of hydrogen-bond acceptors (Lipinski definition) is 3. The topological polar surface area (TPSA) is 60.2 Å². The Labute approximate surface area is 89.3 Å². The predicted molar refractivity (Wildman–Crippen MR) is 58.7 cm³/mol. The molecule has 1 rings (SSSR count). The fraction of sp³-hybridized carbons (Fsp3) is 0.333. The normalized spacial score (nSPS) is 12.1. The second-order valence-corrected chi connectivity index (χ2v) is 3.42. The first-order chi connectivity index (χ1) is 7.16. The molecule has 0 heterocycles. The summed E-state index contributed by atoms with van der Waals surface area (Å²) in [6.45, 7) is 1.89. The van der Waals surface area contributed by atoms with Gasteiger partial charge in [0.2, 0.25) is 0 Å². The number of carbonyl (C=O) groups is 2. The highest BCUT2D eigenvalue weighted by Crippen LogP contribution is 2.04. The van der Waals surface area contributed by atoms with Gasteiger partial charge in [-0.2, -0.15) is 0 Å². The zero-order valence-electron chi connectivity index (χ0n) is 8.77. The molecule has 0 aliphatic rings. The minimum absolute atomic E-state index is 0.189. The minimum Gasteiger partial charge on any atom is -0.315 e. The Balaban J connectivity index is 2.73. The molecule has 0 amide bonds. The summed E-state index contributed by atoms with van der Waals surface area (Å²) < 4.78 is 0. The Kier molecular flexibility index (Phi) is 4.18. The van der Waals surface area contributed by atoms with Gasteiger partial charge in [0.1, 0.15) is 6.04 Å². The number of carbonyl (C=O) groups excluding carboxylic acids is 2. The van der Waals surface area contributed by atoms with Crippen LogP contribution >= 0.6 is 0 Å². The lowest BCUT2D eigenvalue weighted by Crippen LogP contribution is -2.38. The van der Waals surface area contributed by atoms with E-state index in [2.05, 4.69) is 0 Å². The molecule has 15 heavy (non-hydrogen) atoms. The van der Waals surface area contributed by atoms with Crippen LogP contribution in [0.25, 0.3) is 0 Å². The van der Waals surface area contributed by atoms with Gasteiger partial charge >= 0.3 is 0 Å². The molecule has 0 aliphatic heterocycles. The summed E-state index contributed by atoms with van der Waals surface area (Å²) in [5, 5.41) is 0. The summed E-state index contributed by atoms with van der Waals surface area (Å²) in [6.07, 6.45) is 1.08. The monoisotopic (exact) mass is 205 g/mol. The number of ketones is 2. The van der Waals surface area contributed by atoms with E-state index in [0.29, 0.717) is 18.4 Å². The largest absolute Gasteiger partial charge is 0.315 e. The van der Waals surface area contributed by atoms with Gasteiger partial charge in [-0.15, -0.1) is 0 Å². The van der Waals surface area contributed by atoms with Crippen molar-refractivity contribution >= 4 is 11.6 Å². The van der Waals surface area contributed by atoms with Crippen molar-refractivity contribution in [3.63, 3.8) is 0 Å². The molecule has 0 saturated heterocycles. The number of Topliss-reactive ketones (excluding diaryl/α,β-unsaturated/α-hetero) is 2. The van der Waals surface area contributed by atoms with E-state index in [0.717, 1.165) is 0 Å². The van der Waals surface area contributed by atoms with Gasteiger partial charge < -0.3 is 5.73 Å². The third-order valence-corrected chi connectivity index (χ3v) is 2.18. The molecule has 0 aliphatic carbocycles. The summed E-state index contributed by atoms with van der Waals surface area (Å²) >= 11 is 0. The average Bonchev–Trinajstić information content (AvgIpc) is 2.28. The molecule has 1 aromatic carbocycles. The molecular formula is C12H15NO2. The fourth-order valence-electron chi connectivity index (χ4n) is 1.33. The third kappa shape index (κ3) is 2.99. The summed E-state index contributed by atoms with van der Waals surface area (Å²) in [5.74, 6) is -0.486. The Hall–Kier alpha value is -1.48. The van der Waals surface area contributed by atoms with Crippen LogP contribution in [0.4, 0.5) is 0 Å². The number of hydrogen-bond donors (Lipinski definition) is 1. The van der Waals surface area contributed by atoms with Gasteiger partial charge in [-0.25, -0.2) is 0 Å². The highest BCUT2D eigenvalue weighted by molar-refractivity contribution is 6.13. The van der Waals surface area contributed by atoms with Gasteiger partial charge in [0.05, 0.1) is 0 Å². The number of rotatable bonds is 5. The zero-order valence-corrected chi connectivity index (χ0v) is 8.77. The van der Waals surface area contributed by atoms with Gasteiger partial charge in [-0.1, -0.05) is 37.3 Å². The summed E-state index contributed by atoms with van der Waals surface area (Å²) in [5.41, 5.74) is 6.07. The summed E-state index contributed by atoms with van der Waals surface area (Å²) in [6, 6.07) is 7.65. The van der Waals surface area contributed by atoms with Crippen molar-refractivity contribution in [1.82, 2.24) is 0 Å². The maximum atomic E-state index is 11.7. The molecule has 0 radical (unpaired) electrons. The van der Waals surface area contributed by atoms with Crippen LogP contribution in [-0.4, -0.2) is 17.6 Å². The van der Waals surface area contributed by atoms with Crippen LogP contribution in [0, 0.1) is 0 Å². The molecule has 1 aromatic rings. The lowest BCUT2D eigenvalue weighted by atomic mass is 9.99. The fourth-order valence-corrected chi connectivity index (χ4v) is 1.33. The van der Waals surface area contributed by atoms with Crippen molar-refractivity contribution in [2.24, 2.45) is 5.73 Å². The van der Waals surface area contributed by atoms with Crippen LogP contribution in [0.2, 0.25) is 0 Å². The van der Waals surface area contributed by atoms with E-state index >= 15 is 0 Å². The van der Waals surface area contributed by atoms with Crippen LogP contribution in [0.3, 0.4) is 0 Å². The standard InChI is InChI=1S/C12H15NO2/c1-2-6-10(14)11(13)12(15)9-7-4-3-5-8-9/h3-5,7-8,11H,2,6,13H2,1H3. The van der Waals surface area contributed by atoms with Gasteiger partial charge in [0.15, 0.2) is 11.6 Å². The molecule has 3 nitrogen and oxygen atoms in total. The van der Waals surface area contributed by atoms with Crippen molar-refractivity contribution < 1.29 is 9.59 Å². The van der Waals surface area contributed by atoms with Crippen LogP contribution in [0.5, 0.6) is 0 Å². The Bertz CT molecular complexity index is 346. The second kappa shape index (κ2) is 5.41. The summed E-state index contributed by atoms with van der Waals surface area (Å²) in [7, 11) is 0. The molecule has 1 unspecified atom stereocenters. The van der Waals surface area contributed by atoms with Crippen LogP contribution < -0.4 is 5.73 Å². The van der Waals surface area contributed by atoms with Gasteiger partial charge in [0.25, 0.3) is 0 Å². The second-order valence-electron chi connectivity index (χ2n) is 3.42. The van der Waals surface area contributed by atoms with E-state index in [9.17, 15) is 9.59 Å². The van der Waals surface area contributed by atoms with Gasteiger partial charge in [0, 0.05) is 12.0 Å². The van der Waals surface area contributed by atoms with Crippen LogP contribution in [-0.2, 0) is 4.79 Å². The average molecular weight is 205 g/mol. The Morgan fingerprint density at radius 1 is 1.27 bits per heavy atom. The van der Waals surface area contributed by atoms with Crippen LogP contribution in [0.15, 0.2) is 30.3 Å². The first kappa shape index (κ1) is 11.6. The molecule has 2 N–H and O–H groups in total. The van der Waals surface area contributed by atoms with Gasteiger partial charge in [-0.05, 0) is 6.42 Å². The van der Waals surface area contributed by atoms with Crippen molar-refractivity contribution in [2.75, 3.05) is 0 Å². The molecule has 80 valence electrons. The SMILES string of the molecule is CCCC(=O)C(N)C(=O)c1ccccc1. The van der Waals surface area contributed by atoms with E-state index in [1.165, 1.54) is 0 Å². The van der Waals surface area contributed by atoms with Crippen LogP contribution in [0.1, 0.15) is 30.1 Å². The maximum Gasteiger partial charge on any atom is 0.187 e. The summed E-state index contributed by atoms with van der Waals surface area (Å²) in [4.78, 5) is 23.1. The molecule has 0 saturated carbocycles. The van der Waals surface area contributed by atoms with E-state index in [4.69, 9.17) is 5.73 Å².